The van der Waals surface area contributed by atoms with Gasteiger partial charge in [0.1, 0.15) is 5.75 Å². The number of nitrogens with one attached hydrogen (secondary N) is 1. The normalized spacial score (nSPS) is 15.9. The average molecular weight is 412 g/mol. The second kappa shape index (κ2) is 8.52. The molecule has 0 aliphatic carbocycles. The van der Waals surface area contributed by atoms with Gasteiger partial charge in [0.2, 0.25) is 11.7 Å². The van der Waals surface area contributed by atoms with E-state index in [4.69, 9.17) is 9.47 Å². The van der Waals surface area contributed by atoms with Gasteiger partial charge in [0, 0.05) is 24.2 Å². The smallest absolute Gasteiger partial charge is 0.311 e. The maximum Gasteiger partial charge on any atom is 0.311 e. The number of amides is 1. The number of esters is 1. The molecule has 0 unspecified atom stereocenters. The van der Waals surface area contributed by atoms with E-state index in [2.05, 4.69) is 4.98 Å². The zero-order chi connectivity index (χ0) is 22.0. The minimum absolute atomic E-state index is 0.000193. The van der Waals surface area contributed by atoms with Crippen LogP contribution in [0.15, 0.2) is 24.3 Å². The van der Waals surface area contributed by atoms with Crippen LogP contribution in [0.2, 0.25) is 0 Å². The minimum Gasteiger partial charge on any atom is -0.495 e. The van der Waals surface area contributed by atoms with E-state index in [0.717, 1.165) is 0 Å². The summed E-state index contributed by atoms with van der Waals surface area (Å²) in [5, 5.41) is 0. The van der Waals surface area contributed by atoms with E-state index in [-0.39, 0.29) is 30.3 Å². The minimum atomic E-state index is -0.672. The van der Waals surface area contributed by atoms with E-state index >= 15 is 0 Å². The summed E-state index contributed by atoms with van der Waals surface area (Å²) < 4.78 is 10.5. The van der Waals surface area contributed by atoms with E-state index in [1.54, 1.807) is 38.1 Å². The molecule has 1 aliphatic heterocycles. The lowest BCUT2D eigenvalue weighted by molar-refractivity contribution is -0.147. The topological polar surface area (TPSA) is 106 Å². The van der Waals surface area contributed by atoms with Crippen molar-refractivity contribution < 1.29 is 28.7 Å². The van der Waals surface area contributed by atoms with Crippen LogP contribution in [0, 0.1) is 19.8 Å². The highest BCUT2D eigenvalue weighted by Gasteiger charge is 2.37. The SMILES string of the molecule is COc1ccccc1N1C[C@H](C(=O)OCC(=O)c2[nH]c(C)c(C(C)=O)c2C)CC1=O. The van der Waals surface area contributed by atoms with Crippen molar-refractivity contribution >= 4 is 29.1 Å². The standard InChI is InChI=1S/C22H24N2O6/c1-12-20(14(3)25)13(2)23-21(12)17(26)11-30-22(28)15-9-19(27)24(10-15)16-7-5-6-8-18(16)29-4/h5-8,15,23H,9-11H2,1-4H3/t15-/m1/s1. The maximum atomic E-state index is 12.5. The number of rotatable bonds is 7. The molecule has 1 atom stereocenters. The highest BCUT2D eigenvalue weighted by molar-refractivity contribution is 6.04. The number of hydrogen-bond acceptors (Lipinski definition) is 6. The first-order chi connectivity index (χ1) is 14.2. The number of methoxy groups -OCH3 is 1. The van der Waals surface area contributed by atoms with Crippen LogP contribution in [0.25, 0.3) is 0 Å². The predicted molar refractivity (Wildman–Crippen MR) is 109 cm³/mol. The molecule has 1 saturated heterocycles. The molecule has 158 valence electrons. The summed E-state index contributed by atoms with van der Waals surface area (Å²) in [7, 11) is 1.51. The van der Waals surface area contributed by atoms with Crippen LogP contribution in [0.1, 0.15) is 45.4 Å². The third kappa shape index (κ3) is 3.98. The van der Waals surface area contributed by atoms with Gasteiger partial charge >= 0.3 is 5.97 Å². The van der Waals surface area contributed by atoms with E-state index in [9.17, 15) is 19.2 Å². The van der Waals surface area contributed by atoms with Gasteiger partial charge in [-0.15, -0.1) is 0 Å². The first kappa shape index (κ1) is 21.3. The third-order valence-electron chi connectivity index (χ3n) is 5.25. The third-order valence-corrected chi connectivity index (χ3v) is 5.25. The monoisotopic (exact) mass is 412 g/mol. The molecule has 1 N–H and O–H groups in total. The van der Waals surface area contributed by atoms with Gasteiger partial charge in [-0.3, -0.25) is 19.2 Å². The number of hydrogen-bond donors (Lipinski definition) is 1. The Morgan fingerprint density at radius 1 is 1.20 bits per heavy atom. The van der Waals surface area contributed by atoms with Gasteiger partial charge in [0.05, 0.1) is 24.4 Å². The molecule has 1 aromatic heterocycles. The Morgan fingerprint density at radius 3 is 2.53 bits per heavy atom. The van der Waals surface area contributed by atoms with Crippen LogP contribution in [0.4, 0.5) is 5.69 Å². The molecular weight excluding hydrogens is 388 g/mol. The molecule has 2 aromatic rings. The molecule has 0 saturated carbocycles. The Bertz CT molecular complexity index is 1020. The van der Waals surface area contributed by atoms with Crippen molar-refractivity contribution in [1.29, 1.82) is 0 Å². The molecule has 0 bridgehead atoms. The molecule has 0 spiro atoms. The number of H-pyrrole nitrogens is 1. The number of anilines is 1. The van der Waals surface area contributed by atoms with Gasteiger partial charge in [0.15, 0.2) is 12.4 Å². The van der Waals surface area contributed by atoms with Gasteiger partial charge in [0.25, 0.3) is 0 Å². The van der Waals surface area contributed by atoms with E-state index < -0.39 is 24.3 Å². The number of carbonyl (C=O) groups excluding carboxylic acids is 4. The van der Waals surface area contributed by atoms with Crippen molar-refractivity contribution in [3.8, 4) is 5.75 Å². The zero-order valence-corrected chi connectivity index (χ0v) is 17.4. The van der Waals surface area contributed by atoms with E-state index in [1.807, 2.05) is 0 Å². The lowest BCUT2D eigenvalue weighted by Crippen LogP contribution is -2.27. The number of nitrogens with zero attached hydrogens (tertiary/aromatic N) is 1. The summed E-state index contributed by atoms with van der Waals surface area (Å²) >= 11 is 0. The number of aromatic nitrogens is 1. The summed E-state index contributed by atoms with van der Waals surface area (Å²) in [5.41, 5.74) is 2.45. The molecule has 8 heteroatoms. The number of benzene rings is 1. The molecule has 1 fully saturated rings. The molecule has 8 nitrogen and oxygen atoms in total. The van der Waals surface area contributed by atoms with Gasteiger partial charge in [-0.2, -0.15) is 0 Å². The van der Waals surface area contributed by atoms with Crippen molar-refractivity contribution in [2.24, 2.45) is 5.92 Å². The van der Waals surface area contributed by atoms with Gasteiger partial charge in [-0.25, -0.2) is 0 Å². The van der Waals surface area contributed by atoms with Gasteiger partial charge < -0.3 is 19.4 Å². The quantitative estimate of drug-likeness (QED) is 0.554. The second-order valence-corrected chi connectivity index (χ2v) is 7.29. The Hall–Kier alpha value is -3.42. The first-order valence-corrected chi connectivity index (χ1v) is 9.57. The van der Waals surface area contributed by atoms with Crippen molar-refractivity contribution in [3.63, 3.8) is 0 Å². The molecule has 2 heterocycles. The Labute approximate surface area is 174 Å². The molecule has 1 amide bonds. The van der Waals surface area contributed by atoms with Crippen LogP contribution < -0.4 is 9.64 Å². The fourth-order valence-corrected chi connectivity index (χ4v) is 3.83. The predicted octanol–water partition coefficient (Wildman–Crippen LogP) is 2.62. The van der Waals surface area contributed by atoms with Crippen LogP contribution in [0.3, 0.4) is 0 Å². The summed E-state index contributed by atoms with van der Waals surface area (Å²) in [6.45, 7) is 4.51. The van der Waals surface area contributed by atoms with Crippen molar-refractivity contribution in [2.45, 2.75) is 27.2 Å². The number of ether oxygens (including phenoxy) is 2. The molecule has 1 aliphatic rings. The average Bonchev–Trinajstić information content (AvgIpc) is 3.25. The summed E-state index contributed by atoms with van der Waals surface area (Å²) in [6, 6.07) is 7.06. The number of ketones is 2. The van der Waals surface area contributed by atoms with Crippen molar-refractivity contribution in [3.05, 3.63) is 46.8 Å². The van der Waals surface area contributed by atoms with Gasteiger partial charge in [-0.1, -0.05) is 12.1 Å². The fourth-order valence-electron chi connectivity index (χ4n) is 3.83. The fraction of sp³-hybridized carbons (Fsp3) is 0.364. The molecule has 0 radical (unpaired) electrons. The Kier molecular flexibility index (Phi) is 6.05. The largest absolute Gasteiger partial charge is 0.495 e. The Balaban J connectivity index is 1.65. The molecule has 3 rings (SSSR count). The summed E-state index contributed by atoms with van der Waals surface area (Å²) in [6.07, 6.45) is 0.000193. The molecule has 30 heavy (non-hydrogen) atoms. The molecular formula is C22H24N2O6. The highest BCUT2D eigenvalue weighted by atomic mass is 16.5. The molecule has 1 aromatic carbocycles. The van der Waals surface area contributed by atoms with Crippen LogP contribution >= 0.6 is 0 Å². The number of aromatic amines is 1. The summed E-state index contributed by atoms with van der Waals surface area (Å²) in [4.78, 5) is 53.5. The Morgan fingerprint density at radius 2 is 1.90 bits per heavy atom. The lowest BCUT2D eigenvalue weighted by Gasteiger charge is -2.19. The first-order valence-electron chi connectivity index (χ1n) is 9.57. The zero-order valence-electron chi connectivity index (χ0n) is 17.4. The summed E-state index contributed by atoms with van der Waals surface area (Å²) in [5.74, 6) is -1.53. The van der Waals surface area contributed by atoms with Crippen LogP contribution in [0.5, 0.6) is 5.75 Å². The van der Waals surface area contributed by atoms with Crippen LogP contribution in [-0.4, -0.2) is 48.7 Å². The van der Waals surface area contributed by atoms with Crippen molar-refractivity contribution in [1.82, 2.24) is 4.98 Å². The van der Waals surface area contributed by atoms with Gasteiger partial charge in [-0.05, 0) is 38.5 Å². The number of para-hydroxylation sites is 2. The maximum absolute atomic E-state index is 12.5. The number of carbonyl (C=O) groups is 4. The van der Waals surface area contributed by atoms with E-state index in [1.165, 1.54) is 18.9 Å². The number of Topliss-reactive ketones (excluding diaryl/α,β-unsaturated/α-hetero) is 2. The van der Waals surface area contributed by atoms with E-state index in [0.29, 0.717) is 28.3 Å². The second-order valence-electron chi connectivity index (χ2n) is 7.29. The van der Waals surface area contributed by atoms with Crippen molar-refractivity contribution in [2.75, 3.05) is 25.2 Å². The highest BCUT2D eigenvalue weighted by Crippen LogP contribution is 2.33. The van der Waals surface area contributed by atoms with Crippen LogP contribution in [-0.2, 0) is 14.3 Å². The lowest BCUT2D eigenvalue weighted by atomic mass is 10.1. The number of aryl methyl sites for hydroxylation is 1.